The molecule has 0 unspecified atom stereocenters. The molecule has 0 aliphatic carbocycles. The Morgan fingerprint density at radius 3 is 2.79 bits per heavy atom. The first-order valence-electron chi connectivity index (χ1n) is 5.96. The molecule has 4 nitrogen and oxygen atoms in total. The van der Waals surface area contributed by atoms with Crippen LogP contribution in [0.3, 0.4) is 0 Å². The first-order chi connectivity index (χ1) is 9.19. The molecular weight excluding hydrogens is 306 g/mol. The van der Waals surface area contributed by atoms with Gasteiger partial charge in [-0.3, -0.25) is 4.79 Å². The van der Waals surface area contributed by atoms with Gasteiger partial charge >= 0.3 is 0 Å². The van der Waals surface area contributed by atoms with E-state index in [1.54, 1.807) is 18.3 Å². The maximum atomic E-state index is 12.0. The minimum Gasteiger partial charge on any atom is -0.370 e. The third-order valence-electron chi connectivity index (χ3n) is 2.47. The van der Waals surface area contributed by atoms with E-state index in [4.69, 9.17) is 0 Å². The topological polar surface area (TPSA) is 54.0 Å². The van der Waals surface area contributed by atoms with Crippen LogP contribution in [0.2, 0.25) is 0 Å². The lowest BCUT2D eigenvalue weighted by molar-refractivity contribution is 0.102. The third-order valence-corrected chi connectivity index (χ3v) is 2.96. The number of nitrogens with one attached hydrogen (secondary N) is 2. The summed E-state index contributed by atoms with van der Waals surface area (Å²) in [5.41, 5.74) is 1.27. The summed E-state index contributed by atoms with van der Waals surface area (Å²) in [6.07, 6.45) is 1.56. The molecule has 0 aliphatic heterocycles. The molecule has 2 aromatic rings. The van der Waals surface area contributed by atoms with Crippen LogP contribution in [0.4, 0.5) is 11.5 Å². The largest absolute Gasteiger partial charge is 0.370 e. The van der Waals surface area contributed by atoms with E-state index in [9.17, 15) is 4.79 Å². The molecule has 0 saturated heterocycles. The number of aromatic nitrogens is 1. The monoisotopic (exact) mass is 319 g/mol. The van der Waals surface area contributed by atoms with Crippen molar-refractivity contribution in [3.63, 3.8) is 0 Å². The Morgan fingerprint density at radius 2 is 2.16 bits per heavy atom. The maximum Gasteiger partial charge on any atom is 0.257 e. The first-order valence-corrected chi connectivity index (χ1v) is 6.75. The first kappa shape index (κ1) is 13.5. The average molecular weight is 320 g/mol. The predicted molar refractivity (Wildman–Crippen MR) is 80.5 cm³/mol. The minimum atomic E-state index is -0.173. The van der Waals surface area contributed by atoms with Crippen LogP contribution < -0.4 is 10.6 Å². The summed E-state index contributed by atoms with van der Waals surface area (Å²) < 4.78 is 0.922. The fraction of sp³-hybridized carbons (Fsp3) is 0.143. The van der Waals surface area contributed by atoms with E-state index >= 15 is 0 Å². The fourth-order valence-electron chi connectivity index (χ4n) is 1.58. The summed E-state index contributed by atoms with van der Waals surface area (Å²) in [6.45, 7) is 2.80. The van der Waals surface area contributed by atoms with Gasteiger partial charge in [-0.2, -0.15) is 0 Å². The lowest BCUT2D eigenvalue weighted by atomic mass is 10.2. The second-order valence-electron chi connectivity index (χ2n) is 3.93. The molecule has 0 aliphatic rings. The fourth-order valence-corrected chi connectivity index (χ4v) is 1.98. The van der Waals surface area contributed by atoms with Gasteiger partial charge < -0.3 is 10.6 Å². The van der Waals surface area contributed by atoms with Gasteiger partial charge in [0.1, 0.15) is 5.82 Å². The van der Waals surface area contributed by atoms with Gasteiger partial charge in [0.2, 0.25) is 0 Å². The van der Waals surface area contributed by atoms with Crippen molar-refractivity contribution in [2.75, 3.05) is 17.2 Å². The molecule has 2 N–H and O–H groups in total. The summed E-state index contributed by atoms with van der Waals surface area (Å²) in [7, 11) is 0. The summed E-state index contributed by atoms with van der Waals surface area (Å²) in [5.74, 6) is 0.593. The van der Waals surface area contributed by atoms with Gasteiger partial charge in [0, 0.05) is 22.9 Å². The van der Waals surface area contributed by atoms with Crippen LogP contribution >= 0.6 is 15.9 Å². The number of hydrogen-bond acceptors (Lipinski definition) is 3. The summed E-state index contributed by atoms with van der Waals surface area (Å²) >= 11 is 3.36. The number of rotatable bonds is 4. The summed E-state index contributed by atoms with van der Waals surface area (Å²) in [6, 6.07) is 11.0. The lowest BCUT2D eigenvalue weighted by Gasteiger charge is -2.06. The molecule has 1 aromatic heterocycles. The maximum absolute atomic E-state index is 12.0. The number of amides is 1. The molecule has 19 heavy (non-hydrogen) atoms. The molecule has 2 rings (SSSR count). The van der Waals surface area contributed by atoms with Gasteiger partial charge in [0.05, 0.1) is 5.56 Å². The molecule has 0 bridgehead atoms. The highest BCUT2D eigenvalue weighted by atomic mass is 79.9. The van der Waals surface area contributed by atoms with E-state index in [0.717, 1.165) is 22.5 Å². The number of benzene rings is 1. The number of anilines is 2. The Kier molecular flexibility index (Phi) is 4.52. The Morgan fingerprint density at radius 1 is 1.32 bits per heavy atom. The molecular formula is C14H14BrN3O. The van der Waals surface area contributed by atoms with Crippen LogP contribution in [-0.4, -0.2) is 17.4 Å². The standard InChI is InChI=1S/C14H14BrN3O/c1-2-16-13-7-6-10(9-17-13)14(19)18-12-5-3-4-11(15)8-12/h3-9H,2H2,1H3,(H,16,17)(H,18,19). The van der Waals surface area contributed by atoms with Gasteiger partial charge in [0.15, 0.2) is 0 Å². The van der Waals surface area contributed by atoms with E-state index in [1.807, 2.05) is 31.2 Å². The van der Waals surface area contributed by atoms with E-state index in [2.05, 4.69) is 31.5 Å². The molecule has 98 valence electrons. The van der Waals surface area contributed by atoms with Crippen LogP contribution in [0.15, 0.2) is 47.1 Å². The molecule has 5 heteroatoms. The zero-order chi connectivity index (χ0) is 13.7. The smallest absolute Gasteiger partial charge is 0.257 e. The summed E-state index contributed by atoms with van der Waals surface area (Å²) in [4.78, 5) is 16.2. The van der Waals surface area contributed by atoms with Crippen LogP contribution in [0.5, 0.6) is 0 Å². The number of carbonyl (C=O) groups excluding carboxylic acids is 1. The van der Waals surface area contributed by atoms with Crippen molar-refractivity contribution in [3.05, 3.63) is 52.6 Å². The van der Waals surface area contributed by atoms with Crippen LogP contribution in [0.25, 0.3) is 0 Å². The number of pyridine rings is 1. The highest BCUT2D eigenvalue weighted by molar-refractivity contribution is 9.10. The van der Waals surface area contributed by atoms with Gasteiger partial charge in [-0.15, -0.1) is 0 Å². The number of hydrogen-bond donors (Lipinski definition) is 2. The predicted octanol–water partition coefficient (Wildman–Crippen LogP) is 3.53. The average Bonchev–Trinajstić information content (AvgIpc) is 2.40. The highest BCUT2D eigenvalue weighted by Gasteiger charge is 2.06. The van der Waals surface area contributed by atoms with E-state index < -0.39 is 0 Å². The molecule has 0 spiro atoms. The van der Waals surface area contributed by atoms with Gasteiger partial charge in [-0.05, 0) is 37.3 Å². The Labute approximate surface area is 120 Å². The third kappa shape index (κ3) is 3.79. The zero-order valence-electron chi connectivity index (χ0n) is 10.5. The van der Waals surface area contributed by atoms with Gasteiger partial charge in [-0.25, -0.2) is 4.98 Å². The highest BCUT2D eigenvalue weighted by Crippen LogP contribution is 2.16. The van der Waals surface area contributed by atoms with Crippen molar-refractivity contribution in [2.45, 2.75) is 6.92 Å². The van der Waals surface area contributed by atoms with E-state index in [-0.39, 0.29) is 5.91 Å². The Balaban J connectivity index is 2.07. The van der Waals surface area contributed by atoms with Crippen molar-refractivity contribution < 1.29 is 4.79 Å². The normalized spacial score (nSPS) is 10.0. The van der Waals surface area contributed by atoms with Crippen molar-refractivity contribution in [1.29, 1.82) is 0 Å². The Bertz CT molecular complexity index is 569. The number of nitrogens with zero attached hydrogens (tertiary/aromatic N) is 1. The lowest BCUT2D eigenvalue weighted by Crippen LogP contribution is -2.12. The molecule has 1 amide bonds. The second-order valence-corrected chi connectivity index (χ2v) is 4.84. The molecule has 0 saturated carbocycles. The molecule has 0 atom stereocenters. The molecule has 1 aromatic carbocycles. The number of halogens is 1. The van der Waals surface area contributed by atoms with Crippen LogP contribution in [-0.2, 0) is 0 Å². The molecule has 0 radical (unpaired) electrons. The van der Waals surface area contributed by atoms with Gasteiger partial charge in [-0.1, -0.05) is 22.0 Å². The van der Waals surface area contributed by atoms with Crippen LogP contribution in [0.1, 0.15) is 17.3 Å². The zero-order valence-corrected chi connectivity index (χ0v) is 12.1. The van der Waals surface area contributed by atoms with Crippen molar-refractivity contribution in [2.24, 2.45) is 0 Å². The Hall–Kier alpha value is -1.88. The van der Waals surface area contributed by atoms with E-state index in [0.29, 0.717) is 5.56 Å². The SMILES string of the molecule is CCNc1ccc(C(=O)Nc2cccc(Br)c2)cn1. The van der Waals surface area contributed by atoms with Crippen molar-refractivity contribution >= 4 is 33.3 Å². The van der Waals surface area contributed by atoms with Crippen molar-refractivity contribution in [3.8, 4) is 0 Å². The second kappa shape index (κ2) is 6.33. The van der Waals surface area contributed by atoms with Crippen LogP contribution in [0, 0.1) is 0 Å². The van der Waals surface area contributed by atoms with Crippen molar-refractivity contribution in [1.82, 2.24) is 4.98 Å². The minimum absolute atomic E-state index is 0.173. The van der Waals surface area contributed by atoms with Gasteiger partial charge in [0.25, 0.3) is 5.91 Å². The molecule has 0 fully saturated rings. The molecule has 1 heterocycles. The number of carbonyl (C=O) groups is 1. The quantitative estimate of drug-likeness (QED) is 0.906. The summed E-state index contributed by atoms with van der Waals surface area (Å²) in [5, 5.41) is 5.90. The van der Waals surface area contributed by atoms with E-state index in [1.165, 1.54) is 0 Å².